The molecule has 5 nitrogen and oxygen atoms in total. The van der Waals surface area contributed by atoms with Crippen molar-refractivity contribution in [2.45, 2.75) is 0 Å². The Morgan fingerprint density at radius 2 is 1.76 bits per heavy atom. The average molecular weight is 448 g/mol. The molecule has 1 fully saturated rings. The van der Waals surface area contributed by atoms with Crippen LogP contribution in [-0.2, 0) is 0 Å². The number of thiophene rings is 1. The molecule has 0 bridgehead atoms. The van der Waals surface area contributed by atoms with Crippen LogP contribution in [0.5, 0.6) is 0 Å². The maximum atomic E-state index is 12.8. The predicted molar refractivity (Wildman–Crippen MR) is 120 cm³/mol. The van der Waals surface area contributed by atoms with Crippen LogP contribution in [0.4, 0.5) is 5.69 Å². The molecule has 150 valence electrons. The third kappa shape index (κ3) is 4.12. The van der Waals surface area contributed by atoms with Crippen molar-refractivity contribution < 1.29 is 9.59 Å². The van der Waals surface area contributed by atoms with E-state index >= 15 is 0 Å². The molecule has 1 saturated heterocycles. The van der Waals surface area contributed by atoms with Crippen LogP contribution < -0.4 is 5.32 Å². The highest BCUT2D eigenvalue weighted by Crippen LogP contribution is 2.36. The molecule has 4 rings (SSSR count). The number of rotatable bonds is 3. The molecule has 1 aliphatic rings. The molecule has 0 unspecified atom stereocenters. The summed E-state index contributed by atoms with van der Waals surface area (Å²) in [7, 11) is 2.04. The molecule has 2 amide bonds. The van der Waals surface area contributed by atoms with Crippen molar-refractivity contribution in [3.05, 3.63) is 63.0 Å². The van der Waals surface area contributed by atoms with Crippen LogP contribution in [0, 0.1) is 0 Å². The quantitative estimate of drug-likeness (QED) is 0.624. The first-order chi connectivity index (χ1) is 13.9. The monoisotopic (exact) mass is 447 g/mol. The van der Waals surface area contributed by atoms with Crippen molar-refractivity contribution in [2.24, 2.45) is 0 Å². The molecule has 1 N–H and O–H groups in total. The molecule has 8 heteroatoms. The van der Waals surface area contributed by atoms with Gasteiger partial charge in [-0.3, -0.25) is 9.59 Å². The molecule has 2 heterocycles. The minimum Gasteiger partial charge on any atom is -0.336 e. The molecule has 0 spiro atoms. The van der Waals surface area contributed by atoms with Crippen molar-refractivity contribution in [1.29, 1.82) is 0 Å². The maximum Gasteiger partial charge on any atom is 0.267 e. The molecule has 2 aromatic carbocycles. The molecule has 1 aromatic heterocycles. The zero-order chi connectivity index (χ0) is 20.5. The van der Waals surface area contributed by atoms with Crippen molar-refractivity contribution in [3.8, 4) is 0 Å². The van der Waals surface area contributed by atoms with Gasteiger partial charge in [0.15, 0.2) is 0 Å². The number of likely N-dealkylation sites (N-methyl/N-ethyl adjacent to an activating group) is 1. The van der Waals surface area contributed by atoms with E-state index in [0.717, 1.165) is 23.2 Å². The highest BCUT2D eigenvalue weighted by molar-refractivity contribution is 7.21. The van der Waals surface area contributed by atoms with Crippen molar-refractivity contribution in [3.63, 3.8) is 0 Å². The number of carbonyl (C=O) groups excluding carboxylic acids is 2. The van der Waals surface area contributed by atoms with E-state index in [9.17, 15) is 9.59 Å². The number of halogens is 2. The second kappa shape index (κ2) is 8.32. The van der Waals surface area contributed by atoms with Crippen LogP contribution in [0.2, 0.25) is 10.0 Å². The van der Waals surface area contributed by atoms with Crippen LogP contribution >= 0.6 is 34.5 Å². The van der Waals surface area contributed by atoms with Gasteiger partial charge in [0.1, 0.15) is 4.88 Å². The van der Waals surface area contributed by atoms with Crippen LogP contribution in [-0.4, -0.2) is 54.8 Å². The Balaban J connectivity index is 1.56. The number of amides is 2. The Hall–Kier alpha value is -2.12. The zero-order valence-corrected chi connectivity index (χ0v) is 18.1. The fraction of sp³-hybridized carbons (Fsp3) is 0.238. The summed E-state index contributed by atoms with van der Waals surface area (Å²) in [5.41, 5.74) is 0.891. The highest BCUT2D eigenvalue weighted by atomic mass is 35.5. The lowest BCUT2D eigenvalue weighted by Gasteiger charge is -2.32. The topological polar surface area (TPSA) is 52.6 Å². The van der Waals surface area contributed by atoms with Crippen LogP contribution in [0.1, 0.15) is 20.0 Å². The molecule has 3 aromatic rings. The fourth-order valence-corrected chi connectivity index (χ4v) is 4.86. The van der Waals surface area contributed by atoms with E-state index in [1.165, 1.54) is 11.3 Å². The van der Waals surface area contributed by atoms with E-state index in [-0.39, 0.29) is 11.8 Å². The number of nitrogens with one attached hydrogen (secondary N) is 1. The molecule has 0 saturated carbocycles. The summed E-state index contributed by atoms with van der Waals surface area (Å²) in [5, 5.41) is 4.44. The average Bonchev–Trinajstić information content (AvgIpc) is 3.07. The first-order valence-corrected chi connectivity index (χ1v) is 10.8. The van der Waals surface area contributed by atoms with Gasteiger partial charge >= 0.3 is 0 Å². The summed E-state index contributed by atoms with van der Waals surface area (Å²) in [6, 6.07) is 12.5. The third-order valence-corrected chi connectivity index (χ3v) is 7.00. The lowest BCUT2D eigenvalue weighted by atomic mass is 10.1. The van der Waals surface area contributed by atoms with Gasteiger partial charge in [-0.15, -0.1) is 11.3 Å². The Morgan fingerprint density at radius 1 is 1.03 bits per heavy atom. The van der Waals surface area contributed by atoms with Gasteiger partial charge in [-0.2, -0.15) is 0 Å². The number of hydrogen-bond donors (Lipinski definition) is 1. The number of benzene rings is 2. The molecule has 0 aliphatic carbocycles. The smallest absolute Gasteiger partial charge is 0.267 e. The fourth-order valence-electron chi connectivity index (χ4n) is 3.29. The Bertz CT molecular complexity index is 1090. The number of piperazine rings is 1. The van der Waals surface area contributed by atoms with Gasteiger partial charge in [0.05, 0.1) is 15.7 Å². The summed E-state index contributed by atoms with van der Waals surface area (Å²) < 4.78 is 0.938. The maximum absolute atomic E-state index is 12.8. The number of carbonyl (C=O) groups is 2. The van der Waals surface area contributed by atoms with E-state index in [0.29, 0.717) is 39.3 Å². The summed E-state index contributed by atoms with van der Waals surface area (Å²) in [4.78, 5) is 30.1. The molecular formula is C21H19Cl2N3O2S. The van der Waals surface area contributed by atoms with Gasteiger partial charge in [0.25, 0.3) is 11.8 Å². The van der Waals surface area contributed by atoms with Crippen molar-refractivity contribution in [2.75, 3.05) is 38.5 Å². The van der Waals surface area contributed by atoms with Gasteiger partial charge in [-0.1, -0.05) is 41.4 Å². The first kappa shape index (κ1) is 20.2. The van der Waals surface area contributed by atoms with E-state index < -0.39 is 0 Å². The van der Waals surface area contributed by atoms with Gasteiger partial charge < -0.3 is 15.1 Å². The summed E-state index contributed by atoms with van der Waals surface area (Å²) in [6.07, 6.45) is 0. The number of anilines is 1. The molecular weight excluding hydrogens is 429 g/mol. The summed E-state index contributed by atoms with van der Waals surface area (Å²) in [6.45, 7) is 3.04. The second-order valence-electron chi connectivity index (χ2n) is 6.99. The van der Waals surface area contributed by atoms with E-state index in [1.54, 1.807) is 18.2 Å². The standard InChI is InChI=1S/C21H19Cl2N3O2S/c1-25-8-10-26(11-9-25)21(28)13-6-7-15(22)16(12-13)24-20(27)19-18(23)14-4-2-3-5-17(14)29-19/h2-7,12H,8-11H2,1H3,(H,24,27). The Labute approximate surface area is 182 Å². The Kier molecular flexibility index (Phi) is 5.79. The van der Waals surface area contributed by atoms with E-state index in [4.69, 9.17) is 23.2 Å². The van der Waals surface area contributed by atoms with Gasteiger partial charge in [-0.25, -0.2) is 0 Å². The van der Waals surface area contributed by atoms with Gasteiger partial charge in [0.2, 0.25) is 0 Å². The molecule has 0 atom stereocenters. The van der Waals surface area contributed by atoms with E-state index in [2.05, 4.69) is 10.2 Å². The SMILES string of the molecule is CN1CCN(C(=O)c2ccc(Cl)c(NC(=O)c3sc4ccccc4c3Cl)c2)CC1. The summed E-state index contributed by atoms with van der Waals surface area (Å²) >= 11 is 14.0. The first-order valence-electron chi connectivity index (χ1n) is 9.20. The van der Waals surface area contributed by atoms with Crippen molar-refractivity contribution in [1.82, 2.24) is 9.80 Å². The van der Waals surface area contributed by atoms with Crippen molar-refractivity contribution >= 4 is 62.1 Å². The lowest BCUT2D eigenvalue weighted by molar-refractivity contribution is 0.0664. The number of hydrogen-bond acceptors (Lipinski definition) is 4. The Morgan fingerprint density at radius 3 is 2.48 bits per heavy atom. The third-order valence-electron chi connectivity index (χ3n) is 4.99. The normalized spacial score (nSPS) is 14.9. The highest BCUT2D eigenvalue weighted by Gasteiger charge is 2.22. The van der Waals surface area contributed by atoms with Crippen LogP contribution in [0.3, 0.4) is 0 Å². The zero-order valence-electron chi connectivity index (χ0n) is 15.7. The predicted octanol–water partition coefficient (Wildman–Crippen LogP) is 4.85. The molecule has 0 radical (unpaired) electrons. The van der Waals surface area contributed by atoms with Gasteiger partial charge in [-0.05, 0) is 31.3 Å². The minimum absolute atomic E-state index is 0.0647. The van der Waals surface area contributed by atoms with Gasteiger partial charge in [0, 0.05) is 41.8 Å². The summed E-state index contributed by atoms with van der Waals surface area (Å²) in [5.74, 6) is -0.410. The van der Waals surface area contributed by atoms with Crippen LogP contribution in [0.15, 0.2) is 42.5 Å². The second-order valence-corrected chi connectivity index (χ2v) is 8.82. The molecule has 29 heavy (non-hydrogen) atoms. The molecule has 1 aliphatic heterocycles. The van der Waals surface area contributed by atoms with Crippen LogP contribution in [0.25, 0.3) is 10.1 Å². The number of nitrogens with zero attached hydrogens (tertiary/aromatic N) is 2. The number of fused-ring (bicyclic) bond motifs is 1. The largest absolute Gasteiger partial charge is 0.336 e. The lowest BCUT2D eigenvalue weighted by Crippen LogP contribution is -2.47. The van der Waals surface area contributed by atoms with E-state index in [1.807, 2.05) is 36.2 Å². The minimum atomic E-state index is -0.345.